The topological polar surface area (TPSA) is 54.9 Å². The second-order valence-electron chi connectivity index (χ2n) is 5.77. The minimum Gasteiger partial charge on any atom is -0.324 e. The number of halogens is 1. The zero-order chi connectivity index (χ0) is 18.1. The zero-order valence-electron chi connectivity index (χ0n) is 14.4. The summed E-state index contributed by atoms with van der Waals surface area (Å²) in [5.41, 5.74) is 1.80. The van der Waals surface area contributed by atoms with Crippen molar-refractivity contribution in [2.24, 2.45) is 0 Å². The third-order valence-electron chi connectivity index (χ3n) is 3.90. The molecule has 0 aliphatic carbocycles. The van der Waals surface area contributed by atoms with Gasteiger partial charge >= 0.3 is 0 Å². The van der Waals surface area contributed by atoms with Crippen LogP contribution in [-0.2, 0) is 4.79 Å². The third kappa shape index (κ3) is 3.81. The summed E-state index contributed by atoms with van der Waals surface area (Å²) < 4.78 is 0. The maximum Gasteiger partial charge on any atom is 0.237 e. The molecule has 0 saturated carbocycles. The third-order valence-corrected chi connectivity index (χ3v) is 6.41. The summed E-state index contributed by atoms with van der Waals surface area (Å²) in [4.78, 5) is 23.9. The SMILES string of the molecule is Cc1nc(S[C@H](C)C(=O)Nc2ccccc2Cl)c2c(C)c(C)sc2n1. The summed E-state index contributed by atoms with van der Waals surface area (Å²) in [7, 11) is 0. The van der Waals surface area contributed by atoms with Crippen molar-refractivity contribution in [3.63, 3.8) is 0 Å². The molecule has 2 aromatic heterocycles. The second kappa shape index (κ2) is 7.32. The van der Waals surface area contributed by atoms with Crippen LogP contribution in [-0.4, -0.2) is 21.1 Å². The van der Waals surface area contributed by atoms with Crippen molar-refractivity contribution < 1.29 is 4.79 Å². The van der Waals surface area contributed by atoms with Crippen LogP contribution in [0.2, 0.25) is 5.02 Å². The number of para-hydroxylation sites is 1. The van der Waals surface area contributed by atoms with Gasteiger partial charge in [0.2, 0.25) is 5.91 Å². The number of nitrogens with zero attached hydrogens (tertiary/aromatic N) is 2. The van der Waals surface area contributed by atoms with Crippen molar-refractivity contribution in [3.05, 3.63) is 45.6 Å². The highest BCUT2D eigenvalue weighted by Crippen LogP contribution is 2.36. The van der Waals surface area contributed by atoms with E-state index in [1.807, 2.05) is 26.0 Å². The predicted molar refractivity (Wildman–Crippen MR) is 107 cm³/mol. The Kier molecular flexibility index (Phi) is 5.32. The average molecular weight is 392 g/mol. The lowest BCUT2D eigenvalue weighted by Crippen LogP contribution is -2.22. The number of rotatable bonds is 4. The number of anilines is 1. The van der Waals surface area contributed by atoms with Gasteiger partial charge in [0.25, 0.3) is 0 Å². The molecule has 3 aromatic rings. The predicted octanol–water partition coefficient (Wildman–Crippen LogP) is 5.39. The summed E-state index contributed by atoms with van der Waals surface area (Å²) in [5, 5.41) is 5.00. The largest absolute Gasteiger partial charge is 0.324 e. The number of carbonyl (C=O) groups is 1. The van der Waals surface area contributed by atoms with Crippen molar-refractivity contribution >= 4 is 56.5 Å². The van der Waals surface area contributed by atoms with Gasteiger partial charge in [-0.3, -0.25) is 4.79 Å². The van der Waals surface area contributed by atoms with Gasteiger partial charge in [0, 0.05) is 10.3 Å². The van der Waals surface area contributed by atoms with Gasteiger partial charge in [-0.25, -0.2) is 9.97 Å². The number of thiophene rings is 1. The van der Waals surface area contributed by atoms with E-state index < -0.39 is 0 Å². The molecule has 0 aliphatic heterocycles. The van der Waals surface area contributed by atoms with Crippen LogP contribution in [0.4, 0.5) is 5.69 Å². The lowest BCUT2D eigenvalue weighted by molar-refractivity contribution is -0.115. The molecule has 0 fully saturated rings. The Morgan fingerprint density at radius 3 is 2.68 bits per heavy atom. The van der Waals surface area contributed by atoms with Crippen LogP contribution in [0.1, 0.15) is 23.2 Å². The fourth-order valence-electron chi connectivity index (χ4n) is 2.42. The molecule has 1 N–H and O–H groups in total. The summed E-state index contributed by atoms with van der Waals surface area (Å²) in [5.74, 6) is 0.613. The average Bonchev–Trinajstić information content (AvgIpc) is 2.83. The fourth-order valence-corrected chi connectivity index (χ4v) is 4.79. The highest BCUT2D eigenvalue weighted by molar-refractivity contribution is 8.00. The van der Waals surface area contributed by atoms with E-state index in [0.717, 1.165) is 21.1 Å². The molecular formula is C18H18ClN3OS2. The molecule has 0 saturated heterocycles. The Balaban J connectivity index is 1.85. The molecule has 130 valence electrons. The molecule has 0 unspecified atom stereocenters. The summed E-state index contributed by atoms with van der Waals surface area (Å²) in [6.45, 7) is 7.90. The smallest absolute Gasteiger partial charge is 0.237 e. The summed E-state index contributed by atoms with van der Waals surface area (Å²) >= 11 is 9.23. The van der Waals surface area contributed by atoms with Crippen LogP contribution in [0, 0.1) is 20.8 Å². The summed E-state index contributed by atoms with van der Waals surface area (Å²) in [6, 6.07) is 7.22. The molecule has 0 spiro atoms. The number of amides is 1. The van der Waals surface area contributed by atoms with Crippen molar-refractivity contribution in [1.82, 2.24) is 9.97 Å². The minimum atomic E-state index is -0.312. The van der Waals surface area contributed by atoms with Crippen molar-refractivity contribution in [2.75, 3.05) is 5.32 Å². The Labute approximate surface area is 160 Å². The van der Waals surface area contributed by atoms with Gasteiger partial charge in [-0.05, 0) is 45.4 Å². The number of hydrogen-bond donors (Lipinski definition) is 1. The maximum atomic E-state index is 12.5. The zero-order valence-corrected chi connectivity index (χ0v) is 16.8. The molecule has 25 heavy (non-hydrogen) atoms. The van der Waals surface area contributed by atoms with E-state index in [1.165, 1.54) is 22.2 Å². The van der Waals surface area contributed by atoms with Crippen LogP contribution in [0.3, 0.4) is 0 Å². The number of fused-ring (bicyclic) bond motifs is 1. The first-order valence-electron chi connectivity index (χ1n) is 7.83. The van der Waals surface area contributed by atoms with Crippen molar-refractivity contribution in [3.8, 4) is 0 Å². The van der Waals surface area contributed by atoms with Crippen molar-refractivity contribution in [2.45, 2.75) is 38.0 Å². The van der Waals surface area contributed by atoms with E-state index in [2.05, 4.69) is 29.1 Å². The van der Waals surface area contributed by atoms with Crippen LogP contribution in [0.5, 0.6) is 0 Å². The number of benzene rings is 1. The molecule has 0 bridgehead atoms. The van der Waals surface area contributed by atoms with Crippen LogP contribution in [0.15, 0.2) is 29.3 Å². The molecule has 1 atom stereocenters. The molecule has 7 heteroatoms. The number of aromatic nitrogens is 2. The Morgan fingerprint density at radius 1 is 1.24 bits per heavy atom. The highest BCUT2D eigenvalue weighted by atomic mass is 35.5. The van der Waals surface area contributed by atoms with Crippen molar-refractivity contribution in [1.29, 1.82) is 0 Å². The van der Waals surface area contributed by atoms with Gasteiger partial charge in [-0.15, -0.1) is 11.3 Å². The Hall–Kier alpha value is -1.63. The number of thioether (sulfide) groups is 1. The molecule has 4 nitrogen and oxygen atoms in total. The van der Waals surface area contributed by atoms with E-state index in [0.29, 0.717) is 10.7 Å². The Morgan fingerprint density at radius 2 is 1.96 bits per heavy atom. The first-order valence-corrected chi connectivity index (χ1v) is 9.90. The first kappa shape index (κ1) is 18.2. The van der Waals surface area contributed by atoms with Gasteiger partial charge in [-0.2, -0.15) is 0 Å². The minimum absolute atomic E-state index is 0.105. The normalized spacial score (nSPS) is 12.4. The molecule has 0 radical (unpaired) electrons. The second-order valence-corrected chi connectivity index (χ2v) is 8.71. The van der Waals surface area contributed by atoms with Gasteiger partial charge in [0.05, 0.1) is 16.0 Å². The number of carbonyl (C=O) groups excluding carboxylic acids is 1. The van der Waals surface area contributed by atoms with Crippen LogP contribution in [0.25, 0.3) is 10.2 Å². The van der Waals surface area contributed by atoms with E-state index >= 15 is 0 Å². The first-order chi connectivity index (χ1) is 11.9. The maximum absolute atomic E-state index is 12.5. The van der Waals surface area contributed by atoms with Gasteiger partial charge in [-0.1, -0.05) is 35.5 Å². The monoisotopic (exact) mass is 391 g/mol. The number of nitrogens with one attached hydrogen (secondary N) is 1. The van der Waals surface area contributed by atoms with Gasteiger partial charge in [0.15, 0.2) is 0 Å². The van der Waals surface area contributed by atoms with E-state index in [-0.39, 0.29) is 11.2 Å². The standard InChI is InChI=1S/C18H18ClN3OS2/c1-9-10(2)24-17-15(9)18(21-12(4)20-17)25-11(3)16(23)22-14-8-6-5-7-13(14)19/h5-8,11H,1-4H3,(H,22,23)/t11-/m1/s1. The lowest BCUT2D eigenvalue weighted by Gasteiger charge is -2.13. The van der Waals surface area contributed by atoms with Gasteiger partial charge in [0.1, 0.15) is 15.7 Å². The fraction of sp³-hybridized carbons (Fsp3) is 0.278. The lowest BCUT2D eigenvalue weighted by atomic mass is 10.2. The van der Waals surface area contributed by atoms with Crippen LogP contribution < -0.4 is 5.32 Å². The van der Waals surface area contributed by atoms with E-state index in [4.69, 9.17) is 11.6 Å². The van der Waals surface area contributed by atoms with E-state index in [1.54, 1.807) is 23.5 Å². The Bertz CT molecular complexity index is 955. The number of hydrogen-bond acceptors (Lipinski definition) is 5. The molecule has 2 heterocycles. The molecule has 1 aromatic carbocycles. The molecule has 1 amide bonds. The summed E-state index contributed by atoms with van der Waals surface area (Å²) in [6.07, 6.45) is 0. The molecule has 3 rings (SSSR count). The van der Waals surface area contributed by atoms with Gasteiger partial charge < -0.3 is 5.32 Å². The quantitative estimate of drug-likeness (QED) is 0.478. The number of aryl methyl sites for hydroxylation is 3. The molecular weight excluding hydrogens is 374 g/mol. The van der Waals surface area contributed by atoms with E-state index in [9.17, 15) is 4.79 Å². The molecule has 0 aliphatic rings. The highest BCUT2D eigenvalue weighted by Gasteiger charge is 2.20. The van der Waals surface area contributed by atoms with Crippen LogP contribution >= 0.6 is 34.7 Å².